The standard InChI is InChI=1S/C16H19ClN4O2/c1-3-14-19-20-15(23-14)11-5-4-8-21(10(11)2)16(22)12-6-7-18-9-13(12)17/h6-7,9-11H,3-5,8H2,1-2H3/t10-,11-/m0/s1. The largest absolute Gasteiger partial charge is 0.425 e. The van der Waals surface area contributed by atoms with Crippen LogP contribution in [-0.4, -0.2) is 38.6 Å². The Morgan fingerprint density at radius 1 is 1.48 bits per heavy atom. The summed E-state index contributed by atoms with van der Waals surface area (Å²) in [6, 6.07) is 1.63. The summed E-state index contributed by atoms with van der Waals surface area (Å²) in [6.07, 6.45) is 5.61. The molecule has 2 aromatic rings. The van der Waals surface area contributed by atoms with Crippen LogP contribution in [0.15, 0.2) is 22.9 Å². The van der Waals surface area contributed by atoms with Crippen LogP contribution in [0, 0.1) is 0 Å². The third-order valence-corrected chi connectivity index (χ3v) is 4.66. The van der Waals surface area contributed by atoms with E-state index in [9.17, 15) is 4.79 Å². The van der Waals surface area contributed by atoms with Crippen molar-refractivity contribution in [3.05, 3.63) is 40.8 Å². The number of carbonyl (C=O) groups excluding carboxylic acids is 1. The van der Waals surface area contributed by atoms with Crippen LogP contribution in [0.3, 0.4) is 0 Å². The highest BCUT2D eigenvalue weighted by Gasteiger charge is 2.35. The number of rotatable bonds is 3. The van der Waals surface area contributed by atoms with Gasteiger partial charge in [0.15, 0.2) is 0 Å². The van der Waals surface area contributed by atoms with Gasteiger partial charge in [-0.1, -0.05) is 18.5 Å². The van der Waals surface area contributed by atoms with E-state index >= 15 is 0 Å². The van der Waals surface area contributed by atoms with Crippen LogP contribution in [0.4, 0.5) is 0 Å². The van der Waals surface area contributed by atoms with Crippen molar-refractivity contribution in [2.45, 2.75) is 45.1 Å². The summed E-state index contributed by atoms with van der Waals surface area (Å²) in [6.45, 7) is 4.69. The molecule has 7 heteroatoms. The highest BCUT2D eigenvalue weighted by atomic mass is 35.5. The van der Waals surface area contributed by atoms with E-state index in [1.165, 1.54) is 6.20 Å². The second-order valence-corrected chi connectivity index (χ2v) is 6.14. The molecule has 1 saturated heterocycles. The number of aromatic nitrogens is 3. The molecule has 2 aromatic heterocycles. The molecule has 1 amide bonds. The lowest BCUT2D eigenvalue weighted by Gasteiger charge is -2.38. The second-order valence-electron chi connectivity index (χ2n) is 5.73. The zero-order chi connectivity index (χ0) is 16.4. The van der Waals surface area contributed by atoms with Gasteiger partial charge in [0.2, 0.25) is 11.8 Å². The van der Waals surface area contributed by atoms with Gasteiger partial charge in [-0.15, -0.1) is 10.2 Å². The monoisotopic (exact) mass is 334 g/mol. The maximum Gasteiger partial charge on any atom is 0.255 e. The molecule has 2 atom stereocenters. The number of pyridine rings is 1. The van der Waals surface area contributed by atoms with Gasteiger partial charge in [0, 0.05) is 31.4 Å². The fraction of sp³-hybridized carbons (Fsp3) is 0.500. The first-order valence-corrected chi connectivity index (χ1v) is 8.22. The van der Waals surface area contributed by atoms with E-state index in [2.05, 4.69) is 15.2 Å². The number of carbonyl (C=O) groups is 1. The van der Waals surface area contributed by atoms with Crippen molar-refractivity contribution in [1.82, 2.24) is 20.1 Å². The minimum Gasteiger partial charge on any atom is -0.425 e. The van der Waals surface area contributed by atoms with E-state index in [1.807, 2.05) is 18.7 Å². The van der Waals surface area contributed by atoms with Crippen molar-refractivity contribution in [3.8, 4) is 0 Å². The first kappa shape index (κ1) is 15.9. The van der Waals surface area contributed by atoms with Crippen molar-refractivity contribution in [3.63, 3.8) is 0 Å². The summed E-state index contributed by atoms with van der Waals surface area (Å²) >= 11 is 6.11. The summed E-state index contributed by atoms with van der Waals surface area (Å²) in [5.74, 6) is 1.23. The minimum atomic E-state index is -0.0789. The molecule has 1 aliphatic heterocycles. The molecule has 1 fully saturated rings. The molecule has 0 aromatic carbocycles. The molecule has 3 heterocycles. The SMILES string of the molecule is CCc1nnc([C@H]2CCCN(C(=O)c3ccncc3Cl)[C@H]2C)o1. The van der Waals surface area contributed by atoms with Crippen LogP contribution in [0.1, 0.15) is 54.7 Å². The fourth-order valence-electron chi connectivity index (χ4n) is 3.02. The molecular weight excluding hydrogens is 316 g/mol. The predicted octanol–water partition coefficient (Wildman–Crippen LogP) is 3.09. The molecular formula is C16H19ClN4O2. The zero-order valence-electron chi connectivity index (χ0n) is 13.2. The summed E-state index contributed by atoms with van der Waals surface area (Å²) in [4.78, 5) is 18.6. The molecule has 0 bridgehead atoms. The van der Waals surface area contributed by atoms with E-state index in [4.69, 9.17) is 16.0 Å². The van der Waals surface area contributed by atoms with Gasteiger partial charge >= 0.3 is 0 Å². The first-order chi connectivity index (χ1) is 11.1. The Balaban J connectivity index is 1.83. The molecule has 0 N–H and O–H groups in total. The van der Waals surface area contributed by atoms with Crippen LogP contribution in [-0.2, 0) is 6.42 Å². The van der Waals surface area contributed by atoms with Gasteiger partial charge in [0.25, 0.3) is 5.91 Å². The molecule has 122 valence electrons. The zero-order valence-corrected chi connectivity index (χ0v) is 14.0. The summed E-state index contributed by atoms with van der Waals surface area (Å²) in [7, 11) is 0. The highest BCUT2D eigenvalue weighted by Crippen LogP contribution is 2.33. The van der Waals surface area contributed by atoms with Crippen LogP contribution >= 0.6 is 11.6 Å². The quantitative estimate of drug-likeness (QED) is 0.862. The molecule has 6 nitrogen and oxygen atoms in total. The van der Waals surface area contributed by atoms with E-state index in [-0.39, 0.29) is 17.9 Å². The van der Waals surface area contributed by atoms with Crippen molar-refractivity contribution in [1.29, 1.82) is 0 Å². The maximum absolute atomic E-state index is 12.8. The number of amides is 1. The Labute approximate surface area is 139 Å². The Morgan fingerprint density at radius 2 is 2.30 bits per heavy atom. The molecule has 0 aliphatic carbocycles. The number of likely N-dealkylation sites (tertiary alicyclic amines) is 1. The molecule has 0 saturated carbocycles. The smallest absolute Gasteiger partial charge is 0.255 e. The van der Waals surface area contributed by atoms with Crippen LogP contribution < -0.4 is 0 Å². The molecule has 0 radical (unpaired) electrons. The fourth-order valence-corrected chi connectivity index (χ4v) is 3.22. The van der Waals surface area contributed by atoms with Crippen LogP contribution in [0.2, 0.25) is 5.02 Å². The van der Waals surface area contributed by atoms with Gasteiger partial charge < -0.3 is 9.32 Å². The van der Waals surface area contributed by atoms with E-state index in [0.29, 0.717) is 35.3 Å². The normalized spacial score (nSPS) is 21.4. The lowest BCUT2D eigenvalue weighted by atomic mass is 9.89. The average Bonchev–Trinajstić information content (AvgIpc) is 3.04. The van der Waals surface area contributed by atoms with Gasteiger partial charge in [-0.05, 0) is 25.8 Å². The third kappa shape index (κ3) is 3.08. The molecule has 1 aliphatic rings. The highest BCUT2D eigenvalue weighted by molar-refractivity contribution is 6.33. The van der Waals surface area contributed by atoms with Gasteiger partial charge in [-0.3, -0.25) is 9.78 Å². The van der Waals surface area contributed by atoms with Crippen molar-refractivity contribution in [2.75, 3.05) is 6.54 Å². The van der Waals surface area contributed by atoms with Gasteiger partial charge in [-0.25, -0.2) is 0 Å². The number of nitrogens with zero attached hydrogens (tertiary/aromatic N) is 4. The average molecular weight is 335 g/mol. The first-order valence-electron chi connectivity index (χ1n) is 7.84. The summed E-state index contributed by atoms with van der Waals surface area (Å²) < 4.78 is 5.70. The number of hydrogen-bond acceptors (Lipinski definition) is 5. The van der Waals surface area contributed by atoms with Crippen molar-refractivity contribution in [2.24, 2.45) is 0 Å². The lowest BCUT2D eigenvalue weighted by molar-refractivity contribution is 0.0582. The number of aryl methyl sites for hydroxylation is 1. The maximum atomic E-state index is 12.8. The lowest BCUT2D eigenvalue weighted by Crippen LogP contribution is -2.46. The molecule has 23 heavy (non-hydrogen) atoms. The number of halogens is 1. The van der Waals surface area contributed by atoms with Crippen LogP contribution in [0.25, 0.3) is 0 Å². The number of hydrogen-bond donors (Lipinski definition) is 0. The van der Waals surface area contributed by atoms with Gasteiger partial charge in [-0.2, -0.15) is 0 Å². The van der Waals surface area contributed by atoms with Crippen molar-refractivity contribution >= 4 is 17.5 Å². The van der Waals surface area contributed by atoms with Crippen molar-refractivity contribution < 1.29 is 9.21 Å². The third-order valence-electron chi connectivity index (χ3n) is 4.35. The van der Waals surface area contributed by atoms with Crippen LogP contribution in [0.5, 0.6) is 0 Å². The Morgan fingerprint density at radius 3 is 3.00 bits per heavy atom. The van der Waals surface area contributed by atoms with Gasteiger partial charge in [0.1, 0.15) is 0 Å². The topological polar surface area (TPSA) is 72.1 Å². The molecule has 0 spiro atoms. The Bertz CT molecular complexity index is 703. The van der Waals surface area contributed by atoms with E-state index < -0.39 is 0 Å². The minimum absolute atomic E-state index is 0.0226. The molecule has 3 rings (SSSR count). The number of piperidine rings is 1. The Kier molecular flexibility index (Phi) is 4.61. The van der Waals surface area contributed by atoms with Gasteiger partial charge in [0.05, 0.1) is 16.5 Å². The Hall–Kier alpha value is -1.95. The second kappa shape index (κ2) is 6.66. The molecule has 0 unspecified atom stereocenters. The summed E-state index contributed by atoms with van der Waals surface area (Å²) in [5.41, 5.74) is 0.481. The van der Waals surface area contributed by atoms with E-state index in [0.717, 1.165) is 12.8 Å². The summed E-state index contributed by atoms with van der Waals surface area (Å²) in [5, 5.41) is 8.56. The predicted molar refractivity (Wildman–Crippen MR) is 85.4 cm³/mol. The van der Waals surface area contributed by atoms with E-state index in [1.54, 1.807) is 12.3 Å².